The molecule has 2 saturated heterocycles. The Bertz CT molecular complexity index is 747. The molecule has 0 aliphatic carbocycles. The Balaban J connectivity index is 1.34. The van der Waals surface area contributed by atoms with E-state index in [-0.39, 0.29) is 12.1 Å². The number of anilines is 1. The van der Waals surface area contributed by atoms with Crippen molar-refractivity contribution in [2.24, 2.45) is 0 Å². The van der Waals surface area contributed by atoms with Gasteiger partial charge in [-0.3, -0.25) is 4.90 Å². The lowest BCUT2D eigenvalue weighted by Crippen LogP contribution is -2.50. The van der Waals surface area contributed by atoms with Crippen LogP contribution in [-0.2, 0) is 6.54 Å². The summed E-state index contributed by atoms with van der Waals surface area (Å²) in [7, 11) is 0. The van der Waals surface area contributed by atoms with Gasteiger partial charge in [0.2, 0.25) is 0 Å². The Hall–Kier alpha value is -2.33. The molecule has 2 heterocycles. The molecule has 2 aromatic carbocycles. The van der Waals surface area contributed by atoms with Crippen molar-refractivity contribution in [1.29, 1.82) is 0 Å². The van der Waals surface area contributed by atoms with Crippen LogP contribution in [0.4, 0.5) is 10.5 Å². The third kappa shape index (κ3) is 3.75. The second-order valence-electron chi connectivity index (χ2n) is 7.62. The largest absolute Gasteiger partial charge is 0.335 e. The molecule has 2 fully saturated rings. The Morgan fingerprint density at radius 2 is 1.65 bits per heavy atom. The molecule has 2 aromatic rings. The van der Waals surface area contributed by atoms with Crippen LogP contribution in [-0.4, -0.2) is 29.1 Å². The van der Waals surface area contributed by atoms with Crippen molar-refractivity contribution in [3.05, 3.63) is 65.7 Å². The summed E-state index contributed by atoms with van der Waals surface area (Å²) in [5.74, 6) is 0. The van der Waals surface area contributed by atoms with E-state index in [2.05, 4.69) is 45.9 Å². The van der Waals surface area contributed by atoms with Gasteiger partial charge in [-0.1, -0.05) is 48.5 Å². The Morgan fingerprint density at radius 3 is 2.35 bits per heavy atom. The number of hydrogen-bond acceptors (Lipinski definition) is 2. The van der Waals surface area contributed by atoms with E-state index in [0.29, 0.717) is 12.1 Å². The van der Waals surface area contributed by atoms with Gasteiger partial charge >= 0.3 is 6.03 Å². The predicted molar refractivity (Wildman–Crippen MR) is 105 cm³/mol. The molecule has 2 N–H and O–H groups in total. The van der Waals surface area contributed by atoms with E-state index in [9.17, 15) is 4.79 Å². The lowest BCUT2D eigenvalue weighted by atomic mass is 9.96. The summed E-state index contributed by atoms with van der Waals surface area (Å²) in [6, 6.07) is 19.9. The van der Waals surface area contributed by atoms with E-state index in [0.717, 1.165) is 30.6 Å². The first-order valence-corrected chi connectivity index (χ1v) is 9.62. The number of rotatable bonds is 4. The average molecular weight is 349 g/mol. The van der Waals surface area contributed by atoms with Gasteiger partial charge in [-0.2, -0.15) is 0 Å². The molecule has 3 atom stereocenters. The lowest BCUT2D eigenvalue weighted by Gasteiger charge is -2.39. The van der Waals surface area contributed by atoms with Crippen LogP contribution >= 0.6 is 0 Å². The summed E-state index contributed by atoms with van der Waals surface area (Å²) < 4.78 is 0. The minimum absolute atomic E-state index is 0.0831. The van der Waals surface area contributed by atoms with Gasteiger partial charge in [0.05, 0.1) is 0 Å². The number of nitrogens with zero attached hydrogens (tertiary/aromatic N) is 1. The summed E-state index contributed by atoms with van der Waals surface area (Å²) in [4.78, 5) is 15.0. The number of hydrogen-bond donors (Lipinski definition) is 2. The minimum atomic E-state index is -0.0831. The van der Waals surface area contributed by atoms with Crippen molar-refractivity contribution in [1.82, 2.24) is 10.2 Å². The number of aryl methyl sites for hydroxylation is 1. The number of carbonyl (C=O) groups excluding carboxylic acids is 1. The molecule has 4 rings (SSSR count). The maximum absolute atomic E-state index is 12.4. The first kappa shape index (κ1) is 17.1. The summed E-state index contributed by atoms with van der Waals surface area (Å²) in [6.07, 6.45) is 4.58. The van der Waals surface area contributed by atoms with E-state index in [4.69, 9.17) is 0 Å². The number of fused-ring (bicyclic) bond motifs is 2. The fraction of sp³-hybridized carbons (Fsp3) is 0.409. The molecule has 0 aromatic heterocycles. The summed E-state index contributed by atoms with van der Waals surface area (Å²) in [6.45, 7) is 3.04. The zero-order valence-corrected chi connectivity index (χ0v) is 15.3. The fourth-order valence-corrected chi connectivity index (χ4v) is 4.50. The van der Waals surface area contributed by atoms with Gasteiger partial charge < -0.3 is 10.6 Å². The highest BCUT2D eigenvalue weighted by Crippen LogP contribution is 2.36. The van der Waals surface area contributed by atoms with Crippen molar-refractivity contribution in [2.75, 3.05) is 5.32 Å². The molecule has 2 aliphatic rings. The molecule has 4 nitrogen and oxygen atoms in total. The molecule has 2 aliphatic heterocycles. The molecule has 26 heavy (non-hydrogen) atoms. The van der Waals surface area contributed by atoms with Crippen LogP contribution in [0.15, 0.2) is 54.6 Å². The van der Waals surface area contributed by atoms with Crippen LogP contribution in [0, 0.1) is 6.92 Å². The molecule has 0 spiro atoms. The third-order valence-electron chi connectivity index (χ3n) is 5.82. The average Bonchev–Trinajstić information content (AvgIpc) is 2.87. The Labute approximate surface area is 155 Å². The van der Waals surface area contributed by atoms with Crippen LogP contribution in [0.1, 0.15) is 36.8 Å². The molecular weight excluding hydrogens is 322 g/mol. The van der Waals surface area contributed by atoms with Crippen molar-refractivity contribution < 1.29 is 4.79 Å². The van der Waals surface area contributed by atoms with Gasteiger partial charge in [-0.25, -0.2) is 4.79 Å². The SMILES string of the molecule is Cc1ccccc1NC(=O)NC1C[C@H]2CC[C@@H](C1)N2Cc1ccccc1. The van der Waals surface area contributed by atoms with Crippen molar-refractivity contribution >= 4 is 11.7 Å². The number of para-hydroxylation sites is 1. The number of amides is 2. The summed E-state index contributed by atoms with van der Waals surface area (Å²) in [5, 5.41) is 6.20. The second-order valence-corrected chi connectivity index (χ2v) is 7.62. The van der Waals surface area contributed by atoms with Crippen LogP contribution in [0.5, 0.6) is 0 Å². The standard InChI is InChI=1S/C22H27N3O/c1-16-7-5-6-10-21(16)24-22(26)23-18-13-19-11-12-20(14-18)25(19)15-17-8-3-2-4-9-17/h2-10,18-20H,11-15H2,1H3,(H2,23,24,26)/t18?,19-,20+. The Morgan fingerprint density at radius 1 is 1.00 bits per heavy atom. The van der Waals surface area contributed by atoms with Gasteiger partial charge in [0.1, 0.15) is 0 Å². The van der Waals surface area contributed by atoms with E-state index in [1.807, 2.05) is 31.2 Å². The number of nitrogens with one attached hydrogen (secondary N) is 2. The smallest absolute Gasteiger partial charge is 0.319 e. The van der Waals surface area contributed by atoms with Crippen LogP contribution < -0.4 is 10.6 Å². The maximum Gasteiger partial charge on any atom is 0.319 e. The number of benzene rings is 2. The Kier molecular flexibility index (Phi) is 4.93. The van der Waals surface area contributed by atoms with Crippen molar-refractivity contribution in [2.45, 2.75) is 57.3 Å². The first-order valence-electron chi connectivity index (χ1n) is 9.62. The van der Waals surface area contributed by atoms with Crippen LogP contribution in [0.3, 0.4) is 0 Å². The van der Waals surface area contributed by atoms with Gasteiger partial charge in [-0.15, -0.1) is 0 Å². The lowest BCUT2D eigenvalue weighted by molar-refractivity contribution is 0.112. The molecule has 2 amide bonds. The zero-order chi connectivity index (χ0) is 17.9. The van der Waals surface area contributed by atoms with E-state index >= 15 is 0 Å². The van der Waals surface area contributed by atoms with Gasteiger partial charge in [0.25, 0.3) is 0 Å². The monoisotopic (exact) mass is 349 g/mol. The maximum atomic E-state index is 12.4. The van der Waals surface area contributed by atoms with E-state index in [1.54, 1.807) is 0 Å². The van der Waals surface area contributed by atoms with Crippen molar-refractivity contribution in [3.8, 4) is 0 Å². The van der Waals surface area contributed by atoms with Crippen LogP contribution in [0.25, 0.3) is 0 Å². The summed E-state index contributed by atoms with van der Waals surface area (Å²) in [5.41, 5.74) is 3.35. The van der Waals surface area contributed by atoms with Gasteiger partial charge in [-0.05, 0) is 49.8 Å². The first-order chi connectivity index (χ1) is 12.7. The summed E-state index contributed by atoms with van der Waals surface area (Å²) >= 11 is 0. The van der Waals surface area contributed by atoms with Gasteiger partial charge in [0, 0.05) is 30.4 Å². The topological polar surface area (TPSA) is 44.4 Å². The fourth-order valence-electron chi connectivity index (χ4n) is 4.50. The van der Waals surface area contributed by atoms with E-state index < -0.39 is 0 Å². The molecule has 136 valence electrons. The zero-order valence-electron chi connectivity index (χ0n) is 15.3. The third-order valence-corrected chi connectivity index (χ3v) is 5.82. The molecule has 0 saturated carbocycles. The highest BCUT2D eigenvalue weighted by atomic mass is 16.2. The highest BCUT2D eigenvalue weighted by Gasteiger charge is 2.40. The molecule has 2 bridgehead atoms. The second kappa shape index (κ2) is 7.50. The predicted octanol–water partition coefficient (Wildman–Crippen LogP) is 4.31. The molecule has 4 heteroatoms. The number of carbonyl (C=O) groups is 1. The highest BCUT2D eigenvalue weighted by molar-refractivity contribution is 5.90. The molecule has 0 radical (unpaired) electrons. The molecule has 1 unspecified atom stereocenters. The molecular formula is C22H27N3O. The minimum Gasteiger partial charge on any atom is -0.335 e. The normalized spacial score (nSPS) is 25.0. The van der Waals surface area contributed by atoms with Gasteiger partial charge in [0.15, 0.2) is 0 Å². The van der Waals surface area contributed by atoms with E-state index in [1.165, 1.54) is 18.4 Å². The number of piperidine rings is 1. The van der Waals surface area contributed by atoms with Crippen molar-refractivity contribution in [3.63, 3.8) is 0 Å². The van der Waals surface area contributed by atoms with Crippen LogP contribution in [0.2, 0.25) is 0 Å². The quantitative estimate of drug-likeness (QED) is 0.864. The number of urea groups is 1.